The summed E-state index contributed by atoms with van der Waals surface area (Å²) in [6.07, 6.45) is 0.656. The number of carbonyl (C=O) groups excluding carboxylic acids is 2. The molecule has 0 fully saturated rings. The van der Waals surface area contributed by atoms with Gasteiger partial charge in [-0.3, -0.25) is 9.59 Å². The van der Waals surface area contributed by atoms with Crippen LogP contribution in [0.5, 0.6) is 5.75 Å². The minimum atomic E-state index is -0.709. The van der Waals surface area contributed by atoms with E-state index in [0.29, 0.717) is 35.9 Å². The average molecular weight is 421 g/mol. The molecule has 0 aliphatic carbocycles. The summed E-state index contributed by atoms with van der Waals surface area (Å²) in [5.41, 5.74) is 0.370. The van der Waals surface area contributed by atoms with Gasteiger partial charge in [0.2, 0.25) is 11.8 Å². The molecule has 29 heavy (non-hydrogen) atoms. The van der Waals surface area contributed by atoms with Crippen LogP contribution in [-0.4, -0.2) is 35.9 Å². The zero-order valence-corrected chi connectivity index (χ0v) is 17.4. The van der Waals surface area contributed by atoms with Gasteiger partial charge >= 0.3 is 0 Å². The fourth-order valence-corrected chi connectivity index (χ4v) is 2.93. The largest absolute Gasteiger partial charge is 0.494 e. The van der Waals surface area contributed by atoms with Gasteiger partial charge in [-0.25, -0.2) is 4.39 Å². The zero-order valence-electron chi connectivity index (χ0n) is 16.7. The van der Waals surface area contributed by atoms with Gasteiger partial charge in [-0.1, -0.05) is 29.8 Å². The Balaban J connectivity index is 1.98. The van der Waals surface area contributed by atoms with Crippen LogP contribution < -0.4 is 10.1 Å². The van der Waals surface area contributed by atoms with Gasteiger partial charge < -0.3 is 15.0 Å². The van der Waals surface area contributed by atoms with Crippen molar-refractivity contribution in [3.63, 3.8) is 0 Å². The number of ether oxygens (including phenoxy) is 1. The third-order valence-electron chi connectivity index (χ3n) is 4.43. The third-order valence-corrected chi connectivity index (χ3v) is 4.69. The number of hydrogen-bond acceptors (Lipinski definition) is 3. The highest BCUT2D eigenvalue weighted by molar-refractivity contribution is 6.30. The summed E-state index contributed by atoms with van der Waals surface area (Å²) < 4.78 is 19.7. The molecular formula is C22H26ClFN2O3. The van der Waals surface area contributed by atoms with E-state index in [1.54, 1.807) is 49.4 Å². The van der Waals surface area contributed by atoms with Crippen molar-refractivity contribution < 1.29 is 18.7 Å². The molecule has 0 saturated heterocycles. The SMILES string of the molecule is CCNC(=O)C(C)N(Cc1ccccc1F)C(=O)CCCOc1ccc(Cl)cc1. The fraction of sp³-hybridized carbons (Fsp3) is 0.364. The molecule has 1 N–H and O–H groups in total. The van der Waals surface area contributed by atoms with Gasteiger partial charge in [0.25, 0.3) is 0 Å². The third kappa shape index (κ3) is 7.06. The van der Waals surface area contributed by atoms with E-state index in [1.807, 2.05) is 6.92 Å². The summed E-state index contributed by atoms with van der Waals surface area (Å²) in [4.78, 5) is 26.5. The number of likely N-dealkylation sites (N-methyl/N-ethyl adjacent to an activating group) is 1. The highest BCUT2D eigenvalue weighted by atomic mass is 35.5. The van der Waals surface area contributed by atoms with Crippen LogP contribution in [0, 0.1) is 5.82 Å². The van der Waals surface area contributed by atoms with E-state index in [2.05, 4.69) is 5.32 Å². The zero-order chi connectivity index (χ0) is 21.2. The van der Waals surface area contributed by atoms with Gasteiger partial charge in [0.05, 0.1) is 6.61 Å². The van der Waals surface area contributed by atoms with Crippen molar-refractivity contribution in [3.05, 3.63) is 64.9 Å². The number of rotatable bonds is 10. The van der Waals surface area contributed by atoms with E-state index in [-0.39, 0.29) is 24.8 Å². The maximum Gasteiger partial charge on any atom is 0.242 e. The summed E-state index contributed by atoms with van der Waals surface area (Å²) >= 11 is 5.84. The maximum atomic E-state index is 14.1. The van der Waals surface area contributed by atoms with Crippen LogP contribution in [0.1, 0.15) is 32.3 Å². The van der Waals surface area contributed by atoms with E-state index in [1.165, 1.54) is 11.0 Å². The summed E-state index contributed by atoms with van der Waals surface area (Å²) in [5, 5.41) is 3.33. The van der Waals surface area contributed by atoms with Crippen LogP contribution in [0.2, 0.25) is 5.02 Å². The van der Waals surface area contributed by atoms with Gasteiger partial charge in [-0.05, 0) is 50.6 Å². The summed E-state index contributed by atoms with van der Waals surface area (Å²) in [7, 11) is 0. The topological polar surface area (TPSA) is 58.6 Å². The van der Waals surface area contributed by atoms with Crippen molar-refractivity contribution in [3.8, 4) is 5.75 Å². The van der Waals surface area contributed by atoms with Crippen LogP contribution in [0.3, 0.4) is 0 Å². The molecule has 0 heterocycles. The molecule has 0 aliphatic heterocycles. The molecule has 0 bridgehead atoms. The molecule has 5 nitrogen and oxygen atoms in total. The first-order chi connectivity index (χ1) is 13.9. The van der Waals surface area contributed by atoms with Crippen LogP contribution in [-0.2, 0) is 16.1 Å². The number of halogens is 2. The normalized spacial score (nSPS) is 11.6. The quantitative estimate of drug-likeness (QED) is 0.586. The monoisotopic (exact) mass is 420 g/mol. The lowest BCUT2D eigenvalue weighted by Crippen LogP contribution is -2.47. The lowest BCUT2D eigenvalue weighted by Gasteiger charge is -2.29. The van der Waals surface area contributed by atoms with Crippen molar-refractivity contribution in [2.24, 2.45) is 0 Å². The number of carbonyl (C=O) groups is 2. The second-order valence-electron chi connectivity index (χ2n) is 6.59. The van der Waals surface area contributed by atoms with E-state index in [0.717, 1.165) is 0 Å². The summed E-state index contributed by atoms with van der Waals surface area (Å²) in [6, 6.07) is 12.5. The molecular weight excluding hydrogens is 395 g/mol. The van der Waals surface area contributed by atoms with E-state index >= 15 is 0 Å². The Morgan fingerprint density at radius 2 is 1.86 bits per heavy atom. The van der Waals surface area contributed by atoms with Gasteiger partial charge in [0.1, 0.15) is 17.6 Å². The van der Waals surface area contributed by atoms with Crippen molar-refractivity contribution in [1.29, 1.82) is 0 Å². The standard InChI is InChI=1S/C22H26ClFN2O3/c1-3-25-22(28)16(2)26(15-17-7-4-5-8-20(17)24)21(27)9-6-14-29-19-12-10-18(23)11-13-19/h4-5,7-8,10-13,16H,3,6,9,14-15H2,1-2H3,(H,25,28). The van der Waals surface area contributed by atoms with E-state index in [9.17, 15) is 14.0 Å². The highest BCUT2D eigenvalue weighted by Gasteiger charge is 2.26. The molecule has 0 spiro atoms. The lowest BCUT2D eigenvalue weighted by molar-refractivity contribution is -0.140. The summed E-state index contributed by atoms with van der Waals surface area (Å²) in [6.45, 7) is 4.29. The van der Waals surface area contributed by atoms with Crippen molar-refractivity contribution in [1.82, 2.24) is 10.2 Å². The Kier molecular flexibility index (Phi) is 8.93. The Morgan fingerprint density at radius 3 is 2.52 bits per heavy atom. The van der Waals surface area contributed by atoms with Crippen molar-refractivity contribution >= 4 is 23.4 Å². The Bertz CT molecular complexity index is 814. The molecule has 0 saturated carbocycles. The number of amides is 2. The van der Waals surface area contributed by atoms with E-state index in [4.69, 9.17) is 16.3 Å². The Labute approximate surface area is 175 Å². The molecule has 156 valence electrons. The Hall–Kier alpha value is -2.60. The first kappa shape index (κ1) is 22.7. The molecule has 7 heteroatoms. The van der Waals surface area contributed by atoms with Crippen molar-refractivity contribution in [2.45, 2.75) is 39.3 Å². The lowest BCUT2D eigenvalue weighted by atomic mass is 10.1. The second kappa shape index (κ2) is 11.4. The molecule has 0 radical (unpaired) electrons. The molecule has 1 unspecified atom stereocenters. The maximum absolute atomic E-state index is 14.1. The van der Waals surface area contributed by atoms with Gasteiger partial charge in [-0.15, -0.1) is 0 Å². The molecule has 1 atom stereocenters. The molecule has 2 rings (SSSR count). The molecule has 2 amide bonds. The van der Waals surface area contributed by atoms with Crippen LogP contribution in [0.4, 0.5) is 4.39 Å². The first-order valence-electron chi connectivity index (χ1n) is 9.61. The predicted molar refractivity (Wildman–Crippen MR) is 111 cm³/mol. The number of hydrogen-bond donors (Lipinski definition) is 1. The molecule has 2 aromatic carbocycles. The minimum absolute atomic E-state index is 0.0296. The van der Waals surface area contributed by atoms with Crippen LogP contribution in [0.15, 0.2) is 48.5 Å². The smallest absolute Gasteiger partial charge is 0.242 e. The summed E-state index contributed by atoms with van der Waals surface area (Å²) in [5.74, 6) is -0.235. The minimum Gasteiger partial charge on any atom is -0.494 e. The van der Waals surface area contributed by atoms with Crippen LogP contribution in [0.25, 0.3) is 0 Å². The number of nitrogens with one attached hydrogen (secondary N) is 1. The Morgan fingerprint density at radius 1 is 1.17 bits per heavy atom. The van der Waals surface area contributed by atoms with Gasteiger partial charge in [0, 0.05) is 30.1 Å². The molecule has 0 aliphatic rings. The number of benzene rings is 2. The van der Waals surface area contributed by atoms with Crippen LogP contribution >= 0.6 is 11.6 Å². The van der Waals surface area contributed by atoms with Crippen molar-refractivity contribution in [2.75, 3.05) is 13.2 Å². The number of nitrogens with zero attached hydrogens (tertiary/aromatic N) is 1. The fourth-order valence-electron chi connectivity index (χ4n) is 2.80. The molecule has 2 aromatic rings. The van der Waals surface area contributed by atoms with Gasteiger partial charge in [0.15, 0.2) is 0 Å². The van der Waals surface area contributed by atoms with E-state index < -0.39 is 11.9 Å². The highest BCUT2D eigenvalue weighted by Crippen LogP contribution is 2.17. The predicted octanol–water partition coefficient (Wildman–Crippen LogP) is 4.19. The second-order valence-corrected chi connectivity index (χ2v) is 7.03. The molecule has 0 aromatic heterocycles. The average Bonchev–Trinajstić information content (AvgIpc) is 2.71. The first-order valence-corrected chi connectivity index (χ1v) is 9.99. The van der Waals surface area contributed by atoms with Gasteiger partial charge in [-0.2, -0.15) is 0 Å².